The number of hydrogen-bond donors (Lipinski definition) is 1. The number of methoxy groups -OCH3 is 1. The van der Waals surface area contributed by atoms with Crippen molar-refractivity contribution >= 4 is 5.91 Å². The first-order valence-electron chi connectivity index (χ1n) is 6.93. The van der Waals surface area contributed by atoms with Gasteiger partial charge in [-0.1, -0.05) is 12.1 Å². The third-order valence-corrected chi connectivity index (χ3v) is 3.01. The number of ether oxygens (including phenoxy) is 2. The summed E-state index contributed by atoms with van der Waals surface area (Å²) in [4.78, 5) is 11.7. The van der Waals surface area contributed by atoms with E-state index in [1.165, 1.54) is 0 Å². The Morgan fingerprint density at radius 3 is 2.57 bits per heavy atom. The molecule has 0 radical (unpaired) electrons. The lowest BCUT2D eigenvalue weighted by molar-refractivity contribution is -0.123. The number of carbonyl (C=O) groups is 1. The van der Waals surface area contributed by atoms with Crippen LogP contribution in [0.15, 0.2) is 48.8 Å². The first-order chi connectivity index (χ1) is 10.3. The van der Waals surface area contributed by atoms with Crippen LogP contribution in [-0.2, 0) is 11.3 Å². The van der Waals surface area contributed by atoms with Crippen LogP contribution < -0.4 is 14.8 Å². The van der Waals surface area contributed by atoms with E-state index >= 15 is 0 Å². The van der Waals surface area contributed by atoms with Crippen LogP contribution in [0.3, 0.4) is 0 Å². The van der Waals surface area contributed by atoms with Crippen LogP contribution in [0.2, 0.25) is 0 Å². The average molecular weight is 288 g/mol. The van der Waals surface area contributed by atoms with Gasteiger partial charge in [0.15, 0.2) is 18.1 Å². The van der Waals surface area contributed by atoms with Crippen molar-refractivity contribution in [3.63, 3.8) is 0 Å². The van der Waals surface area contributed by atoms with Gasteiger partial charge >= 0.3 is 0 Å². The van der Waals surface area contributed by atoms with E-state index in [4.69, 9.17) is 9.47 Å². The summed E-state index contributed by atoms with van der Waals surface area (Å²) in [7, 11) is 1.57. The van der Waals surface area contributed by atoms with Crippen molar-refractivity contribution in [1.82, 2.24) is 9.88 Å². The fourth-order valence-electron chi connectivity index (χ4n) is 1.94. The lowest BCUT2D eigenvalue weighted by Crippen LogP contribution is -2.30. The Bertz CT molecular complexity index is 552. The summed E-state index contributed by atoms with van der Waals surface area (Å²) in [6.45, 7) is 1.51. The van der Waals surface area contributed by atoms with Crippen molar-refractivity contribution in [3.05, 3.63) is 48.8 Å². The van der Waals surface area contributed by atoms with E-state index in [1.54, 1.807) is 19.2 Å². The average Bonchev–Trinajstić information content (AvgIpc) is 3.03. The molecule has 112 valence electrons. The molecule has 0 atom stereocenters. The van der Waals surface area contributed by atoms with E-state index in [-0.39, 0.29) is 12.5 Å². The van der Waals surface area contributed by atoms with Gasteiger partial charge in [0.25, 0.3) is 5.91 Å². The second kappa shape index (κ2) is 7.99. The summed E-state index contributed by atoms with van der Waals surface area (Å²) in [6.07, 6.45) is 4.90. The first-order valence-corrected chi connectivity index (χ1v) is 6.93. The quantitative estimate of drug-likeness (QED) is 0.757. The molecular weight excluding hydrogens is 268 g/mol. The van der Waals surface area contributed by atoms with Gasteiger partial charge in [-0.2, -0.15) is 0 Å². The largest absolute Gasteiger partial charge is 0.493 e. The normalized spacial score (nSPS) is 10.1. The van der Waals surface area contributed by atoms with Gasteiger partial charge in [-0.25, -0.2) is 0 Å². The maximum atomic E-state index is 11.7. The molecule has 0 fully saturated rings. The standard InChI is InChI=1S/C16H20N2O3/c1-20-14-7-2-3-8-15(14)21-13-16(19)17-9-6-12-18-10-4-5-11-18/h2-5,7-8,10-11H,6,9,12-13H2,1H3,(H,17,19). The molecule has 0 aliphatic rings. The van der Waals surface area contributed by atoms with Gasteiger partial charge in [-0.3, -0.25) is 4.79 Å². The van der Waals surface area contributed by atoms with Crippen molar-refractivity contribution in [1.29, 1.82) is 0 Å². The molecule has 0 unspecified atom stereocenters. The van der Waals surface area contributed by atoms with Crippen molar-refractivity contribution in [2.24, 2.45) is 0 Å². The fourth-order valence-corrected chi connectivity index (χ4v) is 1.94. The van der Waals surface area contributed by atoms with Gasteiger partial charge in [0.05, 0.1) is 7.11 Å². The minimum absolute atomic E-state index is 0.0100. The van der Waals surface area contributed by atoms with E-state index in [0.717, 1.165) is 13.0 Å². The molecule has 0 spiro atoms. The lowest BCUT2D eigenvalue weighted by atomic mass is 10.3. The Labute approximate surface area is 124 Å². The number of amides is 1. The third kappa shape index (κ3) is 4.87. The summed E-state index contributed by atoms with van der Waals surface area (Å²) >= 11 is 0. The lowest BCUT2D eigenvalue weighted by Gasteiger charge is -2.10. The molecule has 2 aromatic rings. The second-order valence-electron chi connectivity index (χ2n) is 4.56. The summed E-state index contributed by atoms with van der Waals surface area (Å²) in [5.41, 5.74) is 0. The van der Waals surface area contributed by atoms with Crippen LogP contribution in [0.25, 0.3) is 0 Å². The molecule has 0 aliphatic heterocycles. The Kier molecular flexibility index (Phi) is 5.70. The molecule has 1 aromatic carbocycles. The zero-order chi connectivity index (χ0) is 14.9. The second-order valence-corrected chi connectivity index (χ2v) is 4.56. The Balaban J connectivity index is 1.65. The van der Waals surface area contributed by atoms with Crippen LogP contribution in [-0.4, -0.2) is 30.7 Å². The number of aromatic nitrogens is 1. The summed E-state index contributed by atoms with van der Waals surface area (Å²) < 4.78 is 12.7. The zero-order valence-corrected chi connectivity index (χ0v) is 12.1. The Hall–Kier alpha value is -2.43. The Morgan fingerprint density at radius 1 is 1.14 bits per heavy atom. The molecule has 0 saturated carbocycles. The highest BCUT2D eigenvalue weighted by molar-refractivity contribution is 5.77. The molecule has 1 amide bonds. The highest BCUT2D eigenvalue weighted by atomic mass is 16.5. The molecule has 5 nitrogen and oxygen atoms in total. The smallest absolute Gasteiger partial charge is 0.257 e. The molecule has 1 heterocycles. The van der Waals surface area contributed by atoms with Crippen LogP contribution >= 0.6 is 0 Å². The predicted octanol–water partition coefficient (Wildman–Crippen LogP) is 2.08. The minimum Gasteiger partial charge on any atom is -0.493 e. The van der Waals surface area contributed by atoms with Gasteiger partial charge in [0.2, 0.25) is 0 Å². The summed E-state index contributed by atoms with van der Waals surface area (Å²) in [5.74, 6) is 1.06. The topological polar surface area (TPSA) is 52.5 Å². The number of nitrogens with zero attached hydrogens (tertiary/aromatic N) is 1. The van der Waals surface area contributed by atoms with Crippen LogP contribution in [0.4, 0.5) is 0 Å². The van der Waals surface area contributed by atoms with Gasteiger partial charge in [-0.05, 0) is 30.7 Å². The number of hydrogen-bond acceptors (Lipinski definition) is 3. The number of para-hydroxylation sites is 2. The third-order valence-electron chi connectivity index (χ3n) is 3.01. The highest BCUT2D eigenvalue weighted by Crippen LogP contribution is 2.25. The number of benzene rings is 1. The molecule has 21 heavy (non-hydrogen) atoms. The van der Waals surface area contributed by atoms with E-state index in [1.807, 2.05) is 36.7 Å². The number of rotatable bonds is 8. The Morgan fingerprint density at radius 2 is 1.86 bits per heavy atom. The molecule has 1 aromatic heterocycles. The molecule has 5 heteroatoms. The van der Waals surface area contributed by atoms with Gasteiger partial charge in [0, 0.05) is 25.5 Å². The van der Waals surface area contributed by atoms with E-state index in [9.17, 15) is 4.79 Å². The first kappa shape index (κ1) is 15.0. The van der Waals surface area contributed by atoms with E-state index in [2.05, 4.69) is 9.88 Å². The van der Waals surface area contributed by atoms with Crippen molar-refractivity contribution in [2.75, 3.05) is 20.3 Å². The van der Waals surface area contributed by atoms with Gasteiger partial charge < -0.3 is 19.4 Å². The molecular formula is C16H20N2O3. The fraction of sp³-hybridized carbons (Fsp3) is 0.312. The van der Waals surface area contributed by atoms with Crippen molar-refractivity contribution in [2.45, 2.75) is 13.0 Å². The molecule has 2 rings (SSSR count). The predicted molar refractivity (Wildman–Crippen MR) is 80.5 cm³/mol. The molecule has 0 bridgehead atoms. The van der Waals surface area contributed by atoms with E-state index in [0.29, 0.717) is 18.0 Å². The summed E-state index contributed by atoms with van der Waals surface area (Å²) in [6, 6.07) is 11.2. The maximum Gasteiger partial charge on any atom is 0.257 e. The maximum absolute atomic E-state index is 11.7. The molecule has 1 N–H and O–H groups in total. The van der Waals surface area contributed by atoms with Crippen molar-refractivity contribution in [3.8, 4) is 11.5 Å². The van der Waals surface area contributed by atoms with Gasteiger partial charge in [0.1, 0.15) is 0 Å². The van der Waals surface area contributed by atoms with E-state index < -0.39 is 0 Å². The number of nitrogens with one attached hydrogen (secondary N) is 1. The summed E-state index contributed by atoms with van der Waals surface area (Å²) in [5, 5.41) is 2.83. The SMILES string of the molecule is COc1ccccc1OCC(=O)NCCCn1cccc1. The van der Waals surface area contributed by atoms with Crippen LogP contribution in [0.5, 0.6) is 11.5 Å². The molecule has 0 aliphatic carbocycles. The van der Waals surface area contributed by atoms with Crippen molar-refractivity contribution < 1.29 is 14.3 Å². The molecule has 0 saturated heterocycles. The highest BCUT2D eigenvalue weighted by Gasteiger charge is 2.06. The number of aryl methyl sites for hydroxylation is 1. The van der Waals surface area contributed by atoms with Crippen LogP contribution in [0.1, 0.15) is 6.42 Å². The monoisotopic (exact) mass is 288 g/mol. The van der Waals surface area contributed by atoms with Gasteiger partial charge in [-0.15, -0.1) is 0 Å². The minimum atomic E-state index is -0.131. The number of carbonyl (C=O) groups excluding carboxylic acids is 1. The van der Waals surface area contributed by atoms with Crippen LogP contribution in [0, 0.1) is 0 Å². The zero-order valence-electron chi connectivity index (χ0n) is 12.1.